The van der Waals surface area contributed by atoms with E-state index in [1.54, 1.807) is 19.1 Å². The first-order valence-corrected chi connectivity index (χ1v) is 6.09. The third-order valence-corrected chi connectivity index (χ3v) is 3.19. The fourth-order valence-electron chi connectivity index (χ4n) is 1.41. The molecule has 17 heavy (non-hydrogen) atoms. The Kier molecular flexibility index (Phi) is 4.40. The van der Waals surface area contributed by atoms with Crippen LogP contribution in [0.5, 0.6) is 0 Å². The van der Waals surface area contributed by atoms with Crippen LogP contribution in [0.2, 0.25) is 0 Å². The maximum absolute atomic E-state index is 11.5. The largest absolute Gasteiger partial charge is 0.462 e. The molecule has 0 unspecified atom stereocenters. The molecule has 0 heterocycles. The summed E-state index contributed by atoms with van der Waals surface area (Å²) in [5, 5.41) is 0. The van der Waals surface area contributed by atoms with Gasteiger partial charge >= 0.3 is 5.97 Å². The van der Waals surface area contributed by atoms with Gasteiger partial charge in [0.25, 0.3) is 0 Å². The van der Waals surface area contributed by atoms with Crippen LogP contribution in [0.15, 0.2) is 24.3 Å². The molecule has 0 spiro atoms. The van der Waals surface area contributed by atoms with E-state index in [0.29, 0.717) is 12.2 Å². The summed E-state index contributed by atoms with van der Waals surface area (Å²) in [5.74, 6) is -0.291. The summed E-state index contributed by atoms with van der Waals surface area (Å²) in [6.07, 6.45) is 0. The highest BCUT2D eigenvalue weighted by Gasteiger charge is 2.18. The molecular weight excluding hydrogens is 232 g/mol. The number of thiocarbonyl (C=S) groups is 1. The Balaban J connectivity index is 2.89. The third kappa shape index (κ3) is 3.63. The smallest absolute Gasteiger partial charge is 0.338 e. The fraction of sp³-hybridized carbons (Fsp3) is 0.429. The lowest BCUT2D eigenvalue weighted by molar-refractivity contribution is 0.0526. The van der Waals surface area contributed by atoms with Crippen LogP contribution in [0.25, 0.3) is 0 Å². The molecule has 2 nitrogen and oxygen atoms in total. The number of hydrogen-bond donors (Lipinski definition) is 0. The molecule has 92 valence electrons. The molecule has 0 aliphatic carbocycles. The van der Waals surface area contributed by atoms with Crippen molar-refractivity contribution in [2.45, 2.75) is 27.7 Å². The maximum Gasteiger partial charge on any atom is 0.338 e. The number of carbonyl (C=O) groups excluding carboxylic acids is 1. The van der Waals surface area contributed by atoms with E-state index in [2.05, 4.69) is 20.8 Å². The lowest BCUT2D eigenvalue weighted by Crippen LogP contribution is -2.19. The van der Waals surface area contributed by atoms with E-state index in [1.807, 2.05) is 12.1 Å². The van der Waals surface area contributed by atoms with Gasteiger partial charge in [-0.2, -0.15) is 0 Å². The minimum absolute atomic E-state index is 0.0409. The van der Waals surface area contributed by atoms with Crippen LogP contribution >= 0.6 is 12.2 Å². The molecule has 0 N–H and O–H groups in total. The summed E-state index contributed by atoms with van der Waals surface area (Å²) in [4.78, 5) is 12.4. The van der Waals surface area contributed by atoms with Gasteiger partial charge in [0.2, 0.25) is 0 Å². The van der Waals surface area contributed by atoms with Gasteiger partial charge in [-0.05, 0) is 30.0 Å². The molecule has 0 aromatic heterocycles. The standard InChI is InChI=1S/C14H18O2S/c1-5-16-13(15)11-8-6-10(7-9-11)12(17)14(2,3)4/h6-9H,5H2,1-4H3. The van der Waals surface area contributed by atoms with E-state index >= 15 is 0 Å². The minimum Gasteiger partial charge on any atom is -0.462 e. The first-order valence-electron chi connectivity index (χ1n) is 5.68. The quantitative estimate of drug-likeness (QED) is 0.465. The van der Waals surface area contributed by atoms with Crippen LogP contribution in [0.4, 0.5) is 0 Å². The SMILES string of the molecule is CCOC(=O)c1ccc(C(=S)C(C)(C)C)cc1. The van der Waals surface area contributed by atoms with Crippen molar-refractivity contribution < 1.29 is 9.53 Å². The predicted octanol–water partition coefficient (Wildman–Crippen LogP) is 3.63. The fourth-order valence-corrected chi connectivity index (χ4v) is 1.54. The highest BCUT2D eigenvalue weighted by molar-refractivity contribution is 7.81. The van der Waals surface area contributed by atoms with E-state index in [1.165, 1.54) is 0 Å². The molecule has 3 heteroatoms. The monoisotopic (exact) mass is 250 g/mol. The van der Waals surface area contributed by atoms with Gasteiger partial charge in [0.05, 0.1) is 12.2 Å². The zero-order valence-corrected chi connectivity index (χ0v) is 11.6. The van der Waals surface area contributed by atoms with E-state index in [-0.39, 0.29) is 11.4 Å². The van der Waals surface area contributed by atoms with Crippen molar-refractivity contribution in [2.75, 3.05) is 6.61 Å². The normalized spacial score (nSPS) is 11.1. The Morgan fingerprint density at radius 3 is 2.06 bits per heavy atom. The number of ether oxygens (including phenoxy) is 1. The van der Waals surface area contributed by atoms with E-state index < -0.39 is 0 Å². The predicted molar refractivity (Wildman–Crippen MR) is 73.6 cm³/mol. The summed E-state index contributed by atoms with van der Waals surface area (Å²) >= 11 is 5.40. The lowest BCUT2D eigenvalue weighted by atomic mass is 9.87. The van der Waals surface area contributed by atoms with Gasteiger partial charge in [-0.25, -0.2) is 4.79 Å². The van der Waals surface area contributed by atoms with Crippen molar-refractivity contribution in [1.29, 1.82) is 0 Å². The van der Waals surface area contributed by atoms with Crippen molar-refractivity contribution in [2.24, 2.45) is 5.41 Å². The highest BCUT2D eigenvalue weighted by atomic mass is 32.1. The van der Waals surface area contributed by atoms with Crippen molar-refractivity contribution in [1.82, 2.24) is 0 Å². The van der Waals surface area contributed by atoms with Gasteiger partial charge < -0.3 is 4.74 Å². The second kappa shape index (κ2) is 5.41. The van der Waals surface area contributed by atoms with Crippen LogP contribution in [-0.4, -0.2) is 17.4 Å². The molecule has 0 amide bonds. The van der Waals surface area contributed by atoms with Crippen LogP contribution in [0.3, 0.4) is 0 Å². The average Bonchev–Trinajstić information content (AvgIpc) is 2.27. The molecule has 0 atom stereocenters. The summed E-state index contributed by atoms with van der Waals surface area (Å²) in [7, 11) is 0. The van der Waals surface area contributed by atoms with Crippen molar-refractivity contribution in [3.63, 3.8) is 0 Å². The number of carbonyl (C=O) groups is 1. The highest BCUT2D eigenvalue weighted by Crippen LogP contribution is 2.22. The maximum atomic E-state index is 11.5. The van der Waals surface area contributed by atoms with E-state index in [4.69, 9.17) is 17.0 Å². The number of rotatable bonds is 3. The molecular formula is C14H18O2S. The third-order valence-electron chi connectivity index (χ3n) is 2.34. The summed E-state index contributed by atoms with van der Waals surface area (Å²) in [6, 6.07) is 7.26. The molecule has 1 aromatic rings. The molecule has 1 rings (SSSR count). The Hall–Kier alpha value is -1.22. The zero-order chi connectivity index (χ0) is 13.1. The number of esters is 1. The van der Waals surface area contributed by atoms with Gasteiger partial charge in [0, 0.05) is 4.86 Å². The second-order valence-corrected chi connectivity index (χ2v) is 5.29. The first-order chi connectivity index (χ1) is 7.86. The molecule has 0 aliphatic rings. The molecule has 1 aromatic carbocycles. The Labute approximate surface area is 108 Å². The van der Waals surface area contributed by atoms with E-state index in [0.717, 1.165) is 10.4 Å². The molecule has 0 saturated heterocycles. The van der Waals surface area contributed by atoms with Gasteiger partial charge in [0.1, 0.15) is 0 Å². The molecule has 0 fully saturated rings. The van der Waals surface area contributed by atoms with Gasteiger partial charge in [-0.15, -0.1) is 0 Å². The number of hydrogen-bond acceptors (Lipinski definition) is 3. The topological polar surface area (TPSA) is 26.3 Å². The van der Waals surface area contributed by atoms with Gasteiger partial charge in [-0.3, -0.25) is 0 Å². The summed E-state index contributed by atoms with van der Waals surface area (Å²) < 4.78 is 4.92. The van der Waals surface area contributed by atoms with Crippen LogP contribution in [0.1, 0.15) is 43.6 Å². The Morgan fingerprint density at radius 1 is 1.18 bits per heavy atom. The molecule has 0 aliphatic heterocycles. The van der Waals surface area contributed by atoms with Crippen LogP contribution in [-0.2, 0) is 4.74 Å². The van der Waals surface area contributed by atoms with Crippen molar-refractivity contribution in [3.8, 4) is 0 Å². The van der Waals surface area contributed by atoms with Gasteiger partial charge in [0.15, 0.2) is 0 Å². The van der Waals surface area contributed by atoms with Gasteiger partial charge in [-0.1, -0.05) is 45.1 Å². The van der Waals surface area contributed by atoms with Crippen molar-refractivity contribution in [3.05, 3.63) is 35.4 Å². The lowest BCUT2D eigenvalue weighted by Gasteiger charge is -2.20. The first kappa shape index (κ1) is 13.8. The minimum atomic E-state index is -0.291. The second-order valence-electron chi connectivity index (χ2n) is 4.88. The summed E-state index contributed by atoms with van der Waals surface area (Å²) in [6.45, 7) is 8.42. The van der Waals surface area contributed by atoms with E-state index in [9.17, 15) is 4.79 Å². The molecule has 0 bridgehead atoms. The Bertz CT molecular complexity index is 413. The summed E-state index contributed by atoms with van der Waals surface area (Å²) in [5.41, 5.74) is 1.51. The zero-order valence-electron chi connectivity index (χ0n) is 10.7. The average molecular weight is 250 g/mol. The Morgan fingerprint density at radius 2 is 1.65 bits per heavy atom. The van der Waals surface area contributed by atoms with Crippen LogP contribution in [0, 0.1) is 5.41 Å². The molecule has 0 radical (unpaired) electrons. The molecule has 0 saturated carbocycles. The van der Waals surface area contributed by atoms with Crippen molar-refractivity contribution >= 4 is 23.1 Å². The number of benzene rings is 1. The van der Waals surface area contributed by atoms with Crippen LogP contribution < -0.4 is 0 Å².